The summed E-state index contributed by atoms with van der Waals surface area (Å²) in [7, 11) is 0. The van der Waals surface area contributed by atoms with E-state index in [1.807, 2.05) is 38.1 Å². The molecule has 90 valence electrons. The van der Waals surface area contributed by atoms with Crippen LogP contribution in [0.3, 0.4) is 0 Å². The van der Waals surface area contributed by atoms with E-state index in [2.05, 4.69) is 15.4 Å². The highest BCUT2D eigenvalue weighted by Gasteiger charge is 2.08. The van der Waals surface area contributed by atoms with E-state index in [-0.39, 0.29) is 0 Å². The Morgan fingerprint density at radius 2 is 2.06 bits per heavy atom. The van der Waals surface area contributed by atoms with Crippen molar-refractivity contribution in [1.82, 2.24) is 9.97 Å². The molecule has 0 saturated heterocycles. The van der Waals surface area contributed by atoms with Crippen molar-refractivity contribution in [1.29, 1.82) is 0 Å². The van der Waals surface area contributed by atoms with Crippen LogP contribution in [0.4, 0.5) is 5.95 Å². The van der Waals surface area contributed by atoms with Crippen LogP contribution in [0.5, 0.6) is 5.75 Å². The molecule has 0 unspecified atom stereocenters. The first kappa shape index (κ1) is 11.5. The fourth-order valence-electron chi connectivity index (χ4n) is 1.69. The number of hydrogen-bond acceptors (Lipinski definition) is 4. The lowest BCUT2D eigenvalue weighted by Gasteiger charge is -2.03. The molecule has 0 aliphatic carbocycles. The van der Waals surface area contributed by atoms with Crippen LogP contribution in [-0.2, 0) is 0 Å². The van der Waals surface area contributed by atoms with Gasteiger partial charge in [0.2, 0.25) is 5.95 Å². The third-order valence-corrected chi connectivity index (χ3v) is 2.46. The summed E-state index contributed by atoms with van der Waals surface area (Å²) in [6, 6.07) is 7.83. The Hall–Kier alpha value is -2.01. The Morgan fingerprint density at radius 1 is 1.35 bits per heavy atom. The van der Waals surface area contributed by atoms with Crippen molar-refractivity contribution < 1.29 is 4.74 Å². The minimum atomic E-state index is 0.561. The number of nitrogens with one attached hydrogen (secondary N) is 2. The third kappa shape index (κ3) is 2.39. The van der Waals surface area contributed by atoms with Crippen LogP contribution in [0.1, 0.15) is 12.6 Å². The zero-order valence-corrected chi connectivity index (χ0v) is 9.95. The minimum Gasteiger partial charge on any atom is -0.494 e. The molecule has 0 spiro atoms. The highest BCUT2D eigenvalue weighted by atomic mass is 16.5. The van der Waals surface area contributed by atoms with Crippen molar-refractivity contribution in [3.05, 3.63) is 30.0 Å². The summed E-state index contributed by atoms with van der Waals surface area (Å²) in [5, 5.41) is 0. The lowest BCUT2D eigenvalue weighted by molar-refractivity contribution is 0.340. The fourth-order valence-corrected chi connectivity index (χ4v) is 1.69. The number of ether oxygens (including phenoxy) is 1. The number of rotatable bonds is 4. The number of H-pyrrole nitrogens is 1. The van der Waals surface area contributed by atoms with Gasteiger partial charge in [-0.05, 0) is 38.1 Å². The Bertz CT molecular complexity index is 490. The number of imidazole rings is 1. The lowest BCUT2D eigenvalue weighted by Crippen LogP contribution is -2.07. The average molecular weight is 232 g/mol. The van der Waals surface area contributed by atoms with Gasteiger partial charge in [-0.1, -0.05) is 0 Å². The molecule has 1 aromatic carbocycles. The number of benzene rings is 1. The van der Waals surface area contributed by atoms with E-state index in [0.29, 0.717) is 12.6 Å². The lowest BCUT2D eigenvalue weighted by atomic mass is 10.1. The molecular weight excluding hydrogens is 216 g/mol. The van der Waals surface area contributed by atoms with E-state index < -0.39 is 0 Å². The standard InChI is InChI=1S/C12H16N4O/c1-3-17-10-6-4-9(5-7-10)11-8(2)14-12(15-11)16-13/h4-7H,3,13H2,1-2H3,(H2,14,15,16). The van der Waals surface area contributed by atoms with Crippen molar-refractivity contribution in [3.8, 4) is 17.0 Å². The predicted octanol–water partition coefficient (Wildman–Crippen LogP) is 2.07. The highest BCUT2D eigenvalue weighted by molar-refractivity contribution is 5.64. The van der Waals surface area contributed by atoms with Gasteiger partial charge in [0.05, 0.1) is 12.3 Å². The molecule has 0 saturated carbocycles. The van der Waals surface area contributed by atoms with Gasteiger partial charge in [0.25, 0.3) is 0 Å². The number of nitrogen functional groups attached to an aromatic ring is 1. The third-order valence-electron chi connectivity index (χ3n) is 2.46. The number of aromatic amines is 1. The maximum absolute atomic E-state index is 5.39. The van der Waals surface area contributed by atoms with Crippen LogP contribution in [0.25, 0.3) is 11.3 Å². The Kier molecular flexibility index (Phi) is 3.30. The number of hydrazine groups is 1. The fraction of sp³-hybridized carbons (Fsp3) is 0.250. The van der Waals surface area contributed by atoms with Crippen LogP contribution < -0.4 is 16.0 Å². The second-order valence-electron chi connectivity index (χ2n) is 3.66. The molecule has 1 heterocycles. The van der Waals surface area contributed by atoms with Gasteiger partial charge in [0.1, 0.15) is 5.75 Å². The number of aromatic nitrogens is 2. The SMILES string of the molecule is CCOc1ccc(-c2nc(NN)[nH]c2C)cc1. The molecular formula is C12H16N4O. The zero-order valence-electron chi connectivity index (χ0n) is 9.95. The van der Waals surface area contributed by atoms with Crippen molar-refractivity contribution >= 4 is 5.95 Å². The van der Waals surface area contributed by atoms with Crippen LogP contribution in [0.15, 0.2) is 24.3 Å². The number of anilines is 1. The molecule has 2 rings (SSSR count). The van der Waals surface area contributed by atoms with Crippen molar-refractivity contribution in [2.75, 3.05) is 12.0 Å². The molecule has 0 bridgehead atoms. The summed E-state index contributed by atoms with van der Waals surface area (Å²) in [6.07, 6.45) is 0. The molecule has 1 aromatic heterocycles. The van der Waals surface area contributed by atoms with Crippen molar-refractivity contribution in [2.24, 2.45) is 5.84 Å². The summed E-state index contributed by atoms with van der Waals surface area (Å²) >= 11 is 0. The van der Waals surface area contributed by atoms with Crippen LogP contribution in [0.2, 0.25) is 0 Å². The Balaban J connectivity index is 2.29. The molecule has 0 radical (unpaired) electrons. The van der Waals surface area contributed by atoms with Gasteiger partial charge >= 0.3 is 0 Å². The molecule has 0 atom stereocenters. The summed E-state index contributed by atoms with van der Waals surface area (Å²) in [5.74, 6) is 6.73. The van der Waals surface area contributed by atoms with Crippen molar-refractivity contribution in [3.63, 3.8) is 0 Å². The molecule has 0 aliphatic rings. The summed E-state index contributed by atoms with van der Waals surface area (Å²) < 4.78 is 5.39. The summed E-state index contributed by atoms with van der Waals surface area (Å²) in [5.41, 5.74) is 5.39. The maximum Gasteiger partial charge on any atom is 0.215 e. The molecule has 2 aromatic rings. The van der Waals surface area contributed by atoms with Crippen LogP contribution in [0, 0.1) is 6.92 Å². The Labute approximate surface area is 100.0 Å². The average Bonchev–Trinajstić information content (AvgIpc) is 2.72. The topological polar surface area (TPSA) is 76.0 Å². The van der Waals surface area contributed by atoms with Crippen LogP contribution >= 0.6 is 0 Å². The monoisotopic (exact) mass is 232 g/mol. The number of hydrogen-bond donors (Lipinski definition) is 3. The molecule has 4 N–H and O–H groups in total. The van der Waals surface area contributed by atoms with E-state index in [1.54, 1.807) is 0 Å². The molecule has 0 aliphatic heterocycles. The number of nitrogens with zero attached hydrogens (tertiary/aromatic N) is 1. The largest absolute Gasteiger partial charge is 0.494 e. The molecule has 0 amide bonds. The minimum absolute atomic E-state index is 0.561. The van der Waals surface area contributed by atoms with Gasteiger partial charge < -0.3 is 9.72 Å². The van der Waals surface area contributed by atoms with E-state index in [0.717, 1.165) is 22.7 Å². The van der Waals surface area contributed by atoms with E-state index in [9.17, 15) is 0 Å². The van der Waals surface area contributed by atoms with E-state index in [1.165, 1.54) is 0 Å². The smallest absolute Gasteiger partial charge is 0.215 e. The normalized spacial score (nSPS) is 10.3. The maximum atomic E-state index is 5.39. The van der Waals surface area contributed by atoms with Gasteiger partial charge in [-0.25, -0.2) is 10.8 Å². The van der Waals surface area contributed by atoms with E-state index in [4.69, 9.17) is 10.6 Å². The predicted molar refractivity (Wildman–Crippen MR) is 67.7 cm³/mol. The zero-order chi connectivity index (χ0) is 12.3. The van der Waals surface area contributed by atoms with Gasteiger partial charge in [-0.3, -0.25) is 5.43 Å². The first-order chi connectivity index (χ1) is 8.24. The van der Waals surface area contributed by atoms with Gasteiger partial charge in [0, 0.05) is 11.3 Å². The highest BCUT2D eigenvalue weighted by Crippen LogP contribution is 2.24. The second kappa shape index (κ2) is 4.88. The Morgan fingerprint density at radius 3 is 2.59 bits per heavy atom. The second-order valence-corrected chi connectivity index (χ2v) is 3.66. The van der Waals surface area contributed by atoms with Crippen molar-refractivity contribution in [2.45, 2.75) is 13.8 Å². The molecule has 5 nitrogen and oxygen atoms in total. The van der Waals surface area contributed by atoms with Gasteiger partial charge in [-0.2, -0.15) is 0 Å². The number of aryl methyl sites for hydroxylation is 1. The first-order valence-corrected chi connectivity index (χ1v) is 5.51. The molecule has 0 fully saturated rings. The van der Waals surface area contributed by atoms with Crippen LogP contribution in [-0.4, -0.2) is 16.6 Å². The van der Waals surface area contributed by atoms with Gasteiger partial charge in [-0.15, -0.1) is 0 Å². The summed E-state index contributed by atoms with van der Waals surface area (Å²) in [6.45, 7) is 4.59. The van der Waals surface area contributed by atoms with Gasteiger partial charge in [0.15, 0.2) is 0 Å². The number of nitrogens with two attached hydrogens (primary N) is 1. The molecule has 17 heavy (non-hydrogen) atoms. The first-order valence-electron chi connectivity index (χ1n) is 5.51. The van der Waals surface area contributed by atoms with E-state index >= 15 is 0 Å². The quantitative estimate of drug-likeness (QED) is 0.557. The summed E-state index contributed by atoms with van der Waals surface area (Å²) in [4.78, 5) is 7.40. The molecule has 5 heteroatoms.